The molecule has 1 aliphatic heterocycles. The van der Waals surface area contributed by atoms with Gasteiger partial charge in [-0.05, 0) is 75.7 Å². The third kappa shape index (κ3) is 4.97. The highest BCUT2D eigenvalue weighted by molar-refractivity contribution is 5.96. The molecule has 5 rings (SSSR count). The number of ether oxygens (including phenoxy) is 1. The van der Waals surface area contributed by atoms with Gasteiger partial charge >= 0.3 is 0 Å². The molecule has 0 bridgehead atoms. The van der Waals surface area contributed by atoms with Crippen LogP contribution in [0.1, 0.15) is 47.3 Å². The van der Waals surface area contributed by atoms with Gasteiger partial charge in [-0.3, -0.25) is 9.48 Å². The molecule has 1 aliphatic rings. The molecule has 0 aliphatic carbocycles. The molecular formula is C29H33N5O2. The highest BCUT2D eigenvalue weighted by atomic mass is 16.5. The number of nitrogens with zero attached hydrogens (tertiary/aromatic N) is 4. The Balaban J connectivity index is 1.38. The number of benzene rings is 2. The van der Waals surface area contributed by atoms with Crippen LogP contribution in [-0.2, 0) is 7.05 Å². The van der Waals surface area contributed by atoms with E-state index in [1.807, 2.05) is 75.8 Å². The molecule has 0 saturated carbocycles. The van der Waals surface area contributed by atoms with Crippen LogP contribution in [0, 0.1) is 6.92 Å². The Bertz CT molecular complexity index is 1400. The van der Waals surface area contributed by atoms with Gasteiger partial charge in [-0.1, -0.05) is 24.3 Å². The minimum absolute atomic E-state index is 0.118. The van der Waals surface area contributed by atoms with E-state index in [9.17, 15) is 4.79 Å². The number of aromatic nitrogens is 3. The van der Waals surface area contributed by atoms with Crippen LogP contribution in [0.2, 0.25) is 0 Å². The molecule has 2 aromatic heterocycles. The second-order valence-corrected chi connectivity index (χ2v) is 9.78. The Morgan fingerprint density at radius 1 is 1.19 bits per heavy atom. The number of nitrogens with one attached hydrogen (secondary N) is 1. The maximum Gasteiger partial charge on any atom is 0.252 e. The minimum Gasteiger partial charge on any atom is -0.492 e. The van der Waals surface area contributed by atoms with Crippen molar-refractivity contribution in [1.29, 1.82) is 0 Å². The average molecular weight is 484 g/mol. The number of rotatable bonds is 7. The van der Waals surface area contributed by atoms with Crippen molar-refractivity contribution in [3.05, 3.63) is 77.6 Å². The van der Waals surface area contributed by atoms with Crippen LogP contribution >= 0.6 is 0 Å². The van der Waals surface area contributed by atoms with Crippen molar-refractivity contribution in [2.45, 2.75) is 38.8 Å². The largest absolute Gasteiger partial charge is 0.492 e. The first-order valence-corrected chi connectivity index (χ1v) is 12.5. The molecule has 1 fully saturated rings. The van der Waals surface area contributed by atoms with Crippen LogP contribution in [0.4, 0.5) is 0 Å². The zero-order valence-electron chi connectivity index (χ0n) is 21.4. The summed E-state index contributed by atoms with van der Waals surface area (Å²) < 4.78 is 7.85. The number of para-hydroxylation sites is 1. The van der Waals surface area contributed by atoms with Gasteiger partial charge in [-0.15, -0.1) is 0 Å². The standard InChI is InChI=1S/C29H33N5O2/c1-19-11-12-23(36-18-22-8-7-13-33(22)3)14-25(19)29(35)31-20(2)26-15-28(21-16-30-34(4)17-21)32-27-10-6-5-9-24(26)27/h5-6,9-12,14-17,20,22H,7-8,13,18H2,1-4H3,(H,31,35)/t20-,22-/m1/s1. The first kappa shape index (κ1) is 24.0. The van der Waals surface area contributed by atoms with Crippen molar-refractivity contribution < 1.29 is 9.53 Å². The van der Waals surface area contributed by atoms with E-state index < -0.39 is 0 Å². The van der Waals surface area contributed by atoms with E-state index in [2.05, 4.69) is 28.4 Å². The second-order valence-electron chi connectivity index (χ2n) is 9.78. The number of likely N-dealkylation sites (N-methyl/N-ethyl adjacent to an activating group) is 1. The van der Waals surface area contributed by atoms with Gasteiger partial charge in [0.05, 0.1) is 23.4 Å². The van der Waals surface area contributed by atoms with Gasteiger partial charge in [0.15, 0.2) is 0 Å². The minimum atomic E-state index is -0.225. The number of carbonyl (C=O) groups excluding carboxylic acids is 1. The topological polar surface area (TPSA) is 72.3 Å². The fourth-order valence-corrected chi connectivity index (χ4v) is 4.93. The molecule has 0 spiro atoms. The van der Waals surface area contributed by atoms with Crippen molar-refractivity contribution in [1.82, 2.24) is 25.0 Å². The smallest absolute Gasteiger partial charge is 0.252 e. The second kappa shape index (κ2) is 10.1. The summed E-state index contributed by atoms with van der Waals surface area (Å²) in [5, 5.41) is 8.52. The maximum atomic E-state index is 13.4. The maximum absolute atomic E-state index is 13.4. The number of hydrogen-bond donors (Lipinski definition) is 1. The lowest BCUT2D eigenvalue weighted by Crippen LogP contribution is -2.30. The number of hydrogen-bond acceptors (Lipinski definition) is 5. The SMILES string of the molecule is Cc1ccc(OC[C@H]2CCCN2C)cc1C(=O)N[C@H](C)c1cc(-c2cnn(C)c2)nc2ccccc12. The van der Waals surface area contributed by atoms with E-state index in [0.717, 1.165) is 52.0 Å². The van der Waals surface area contributed by atoms with E-state index in [0.29, 0.717) is 18.2 Å². The van der Waals surface area contributed by atoms with Gasteiger partial charge in [-0.2, -0.15) is 5.10 Å². The van der Waals surface area contributed by atoms with E-state index in [1.54, 1.807) is 4.68 Å². The predicted molar refractivity (Wildman–Crippen MR) is 142 cm³/mol. The third-order valence-corrected chi connectivity index (χ3v) is 7.13. The monoisotopic (exact) mass is 483 g/mol. The fourth-order valence-electron chi connectivity index (χ4n) is 4.93. The summed E-state index contributed by atoms with van der Waals surface area (Å²) >= 11 is 0. The van der Waals surface area contributed by atoms with E-state index in [1.165, 1.54) is 6.42 Å². The zero-order chi connectivity index (χ0) is 25.2. The molecule has 3 heterocycles. The van der Waals surface area contributed by atoms with E-state index >= 15 is 0 Å². The molecule has 36 heavy (non-hydrogen) atoms. The van der Waals surface area contributed by atoms with Gasteiger partial charge in [0.1, 0.15) is 12.4 Å². The Labute approximate surface area is 212 Å². The molecule has 1 amide bonds. The van der Waals surface area contributed by atoms with Crippen LogP contribution in [0.25, 0.3) is 22.2 Å². The average Bonchev–Trinajstić information content (AvgIpc) is 3.50. The molecule has 0 unspecified atom stereocenters. The van der Waals surface area contributed by atoms with Gasteiger partial charge < -0.3 is 15.0 Å². The van der Waals surface area contributed by atoms with Crippen LogP contribution in [0.5, 0.6) is 5.75 Å². The highest BCUT2D eigenvalue weighted by Crippen LogP contribution is 2.29. The van der Waals surface area contributed by atoms with Crippen molar-refractivity contribution in [2.75, 3.05) is 20.2 Å². The van der Waals surface area contributed by atoms with Gasteiger partial charge in [0.25, 0.3) is 5.91 Å². The normalized spacial score (nSPS) is 16.8. The third-order valence-electron chi connectivity index (χ3n) is 7.13. The fraction of sp³-hybridized carbons (Fsp3) is 0.345. The Morgan fingerprint density at radius 3 is 2.78 bits per heavy atom. The van der Waals surface area contributed by atoms with Crippen molar-refractivity contribution in [2.24, 2.45) is 7.05 Å². The lowest BCUT2D eigenvalue weighted by Gasteiger charge is -2.21. The number of carbonyl (C=O) groups is 1. The first-order valence-electron chi connectivity index (χ1n) is 12.5. The summed E-state index contributed by atoms with van der Waals surface area (Å²) in [5.41, 5.74) is 5.23. The number of fused-ring (bicyclic) bond motifs is 1. The molecule has 7 nitrogen and oxygen atoms in total. The Hall–Kier alpha value is -3.71. The summed E-state index contributed by atoms with van der Waals surface area (Å²) in [4.78, 5) is 20.6. The Kier molecular flexibility index (Phi) is 6.74. The van der Waals surface area contributed by atoms with Crippen LogP contribution < -0.4 is 10.1 Å². The van der Waals surface area contributed by atoms with E-state index in [4.69, 9.17) is 9.72 Å². The first-order chi connectivity index (χ1) is 17.4. The molecule has 7 heteroatoms. The molecular weight excluding hydrogens is 450 g/mol. The molecule has 2 aromatic carbocycles. The number of amides is 1. The molecule has 1 N–H and O–H groups in total. The summed E-state index contributed by atoms with van der Waals surface area (Å²) in [7, 11) is 4.03. The molecule has 2 atom stereocenters. The molecule has 1 saturated heterocycles. The molecule has 4 aromatic rings. The predicted octanol–water partition coefficient (Wildman–Crippen LogP) is 4.91. The highest BCUT2D eigenvalue weighted by Gasteiger charge is 2.22. The van der Waals surface area contributed by atoms with Crippen molar-refractivity contribution >= 4 is 16.8 Å². The summed E-state index contributed by atoms with van der Waals surface area (Å²) in [6.07, 6.45) is 6.11. The van der Waals surface area contributed by atoms with Crippen LogP contribution in [0.3, 0.4) is 0 Å². The van der Waals surface area contributed by atoms with Crippen LogP contribution in [-0.4, -0.2) is 51.8 Å². The number of likely N-dealkylation sites (tertiary alicyclic amines) is 1. The number of pyridine rings is 1. The summed E-state index contributed by atoms with van der Waals surface area (Å²) in [6.45, 7) is 5.71. The van der Waals surface area contributed by atoms with Gasteiger partial charge in [-0.25, -0.2) is 4.98 Å². The van der Waals surface area contributed by atoms with Gasteiger partial charge in [0, 0.05) is 35.8 Å². The lowest BCUT2D eigenvalue weighted by atomic mass is 9.99. The summed E-state index contributed by atoms with van der Waals surface area (Å²) in [5.74, 6) is 0.610. The molecule has 186 valence electrons. The lowest BCUT2D eigenvalue weighted by molar-refractivity contribution is 0.0939. The zero-order valence-corrected chi connectivity index (χ0v) is 21.4. The van der Waals surface area contributed by atoms with Crippen molar-refractivity contribution in [3.63, 3.8) is 0 Å². The van der Waals surface area contributed by atoms with E-state index in [-0.39, 0.29) is 11.9 Å². The number of aryl methyl sites for hydroxylation is 2. The van der Waals surface area contributed by atoms with Crippen LogP contribution in [0.15, 0.2) is 60.9 Å². The summed E-state index contributed by atoms with van der Waals surface area (Å²) in [6, 6.07) is 16.0. The Morgan fingerprint density at radius 2 is 2.03 bits per heavy atom. The van der Waals surface area contributed by atoms with Gasteiger partial charge in [0.2, 0.25) is 0 Å². The molecule has 0 radical (unpaired) electrons. The quantitative estimate of drug-likeness (QED) is 0.405. The van der Waals surface area contributed by atoms with Crippen molar-refractivity contribution in [3.8, 4) is 17.0 Å².